The van der Waals surface area contributed by atoms with Crippen molar-refractivity contribution in [3.05, 3.63) is 71.8 Å². The lowest BCUT2D eigenvalue weighted by molar-refractivity contribution is -0.126. The number of methoxy groups -OCH3 is 1. The summed E-state index contributed by atoms with van der Waals surface area (Å²) in [5.74, 6) is -1.39. The summed E-state index contributed by atoms with van der Waals surface area (Å²) in [6, 6.07) is 14.1. The number of nitrogens with one attached hydrogen (secondary N) is 1. The molecule has 0 aliphatic carbocycles. The van der Waals surface area contributed by atoms with Crippen LogP contribution in [0.25, 0.3) is 0 Å². The van der Waals surface area contributed by atoms with Gasteiger partial charge < -0.3 is 14.8 Å². The third-order valence-electron chi connectivity index (χ3n) is 6.39. The number of rotatable bonds is 5. The summed E-state index contributed by atoms with van der Waals surface area (Å²) in [6.07, 6.45) is 3.18. The maximum Gasteiger partial charge on any atom is 0.251 e. The Bertz CT molecular complexity index is 1110. The molecule has 4 atom stereocenters. The normalized spacial score (nSPS) is 28.2. The molecule has 0 unspecified atom stereocenters. The largest absolute Gasteiger partial charge is 0.497 e. The van der Waals surface area contributed by atoms with E-state index in [0.717, 1.165) is 5.56 Å². The number of carbonyl (C=O) groups excluding carboxylic acids is 3. The summed E-state index contributed by atoms with van der Waals surface area (Å²) in [4.78, 5) is 40.5. The van der Waals surface area contributed by atoms with E-state index in [1.807, 2.05) is 37.3 Å². The molecule has 2 aromatic carbocycles. The smallest absolute Gasteiger partial charge is 0.251 e. The van der Waals surface area contributed by atoms with Crippen molar-refractivity contribution in [3.8, 4) is 5.75 Å². The zero-order valence-corrected chi connectivity index (χ0v) is 17.2. The van der Waals surface area contributed by atoms with Gasteiger partial charge in [0, 0.05) is 5.56 Å². The van der Waals surface area contributed by atoms with Gasteiger partial charge in [0.05, 0.1) is 37.3 Å². The van der Waals surface area contributed by atoms with Crippen molar-refractivity contribution < 1.29 is 23.9 Å². The minimum Gasteiger partial charge on any atom is -0.497 e. The van der Waals surface area contributed by atoms with E-state index in [2.05, 4.69) is 5.32 Å². The van der Waals surface area contributed by atoms with Crippen molar-refractivity contribution in [1.82, 2.24) is 5.32 Å². The van der Waals surface area contributed by atoms with Crippen molar-refractivity contribution in [3.63, 3.8) is 0 Å². The highest BCUT2D eigenvalue weighted by Gasteiger charge is 2.67. The molecule has 2 aromatic rings. The van der Waals surface area contributed by atoms with Crippen LogP contribution in [0, 0.1) is 18.8 Å². The van der Waals surface area contributed by atoms with E-state index in [1.54, 1.807) is 37.4 Å². The van der Waals surface area contributed by atoms with Gasteiger partial charge in [-0.2, -0.15) is 0 Å². The van der Waals surface area contributed by atoms with Crippen LogP contribution in [-0.2, 0) is 14.3 Å². The Kier molecular flexibility index (Phi) is 4.44. The summed E-state index contributed by atoms with van der Waals surface area (Å²) in [7, 11) is 1.56. The third kappa shape index (κ3) is 2.88. The number of anilines is 1. The van der Waals surface area contributed by atoms with E-state index in [0.29, 0.717) is 17.0 Å². The van der Waals surface area contributed by atoms with E-state index >= 15 is 0 Å². The van der Waals surface area contributed by atoms with Crippen LogP contribution in [0.3, 0.4) is 0 Å². The highest BCUT2D eigenvalue weighted by Crippen LogP contribution is 2.52. The number of fused-ring (bicyclic) bond motifs is 5. The molecule has 3 amide bonds. The molecular formula is C24H22N2O5. The maximum atomic E-state index is 13.4. The van der Waals surface area contributed by atoms with Gasteiger partial charge in [0.25, 0.3) is 5.91 Å². The van der Waals surface area contributed by atoms with Crippen LogP contribution < -0.4 is 15.0 Å². The predicted octanol–water partition coefficient (Wildman–Crippen LogP) is 2.25. The molecule has 31 heavy (non-hydrogen) atoms. The summed E-state index contributed by atoms with van der Waals surface area (Å²) in [5.41, 5.74) is 0.901. The molecule has 3 aliphatic rings. The van der Waals surface area contributed by atoms with Crippen LogP contribution in [-0.4, -0.2) is 43.1 Å². The fourth-order valence-electron chi connectivity index (χ4n) is 4.82. The molecule has 158 valence electrons. The summed E-state index contributed by atoms with van der Waals surface area (Å²) >= 11 is 0. The fourth-order valence-corrected chi connectivity index (χ4v) is 4.82. The number of aryl methyl sites for hydroxylation is 1. The average molecular weight is 418 g/mol. The molecule has 0 saturated carbocycles. The Hall–Kier alpha value is -3.45. The number of benzene rings is 2. The number of hydrogen-bond acceptors (Lipinski definition) is 5. The van der Waals surface area contributed by atoms with Gasteiger partial charge in [-0.3, -0.25) is 14.4 Å². The number of amides is 3. The van der Waals surface area contributed by atoms with Gasteiger partial charge in [-0.25, -0.2) is 4.90 Å². The SMILES string of the molecule is COc1ccc(C(=O)NC[C@]23C=C[C@H](O2)[C@@H]2C(=O)N(c4ccccc4C)C(=O)[C@H]23)cc1. The van der Waals surface area contributed by atoms with Gasteiger partial charge in [-0.1, -0.05) is 30.4 Å². The second kappa shape index (κ2) is 7.06. The van der Waals surface area contributed by atoms with Crippen LogP contribution >= 0.6 is 0 Å². The number of carbonyl (C=O) groups is 3. The van der Waals surface area contributed by atoms with E-state index in [9.17, 15) is 14.4 Å². The molecule has 0 spiro atoms. The lowest BCUT2D eigenvalue weighted by Crippen LogP contribution is -2.48. The second-order valence-corrected chi connectivity index (χ2v) is 8.11. The van der Waals surface area contributed by atoms with Gasteiger partial charge >= 0.3 is 0 Å². The van der Waals surface area contributed by atoms with Crippen LogP contribution in [0.5, 0.6) is 5.75 Å². The minimum absolute atomic E-state index is 0.104. The number of hydrogen-bond donors (Lipinski definition) is 1. The molecule has 0 radical (unpaired) electrons. The Morgan fingerprint density at radius 3 is 2.58 bits per heavy atom. The Morgan fingerprint density at radius 1 is 1.13 bits per heavy atom. The number of imide groups is 1. The first-order valence-electron chi connectivity index (χ1n) is 10.2. The number of ether oxygens (including phenoxy) is 2. The number of para-hydroxylation sites is 1. The van der Waals surface area contributed by atoms with Gasteiger partial charge in [0.15, 0.2) is 0 Å². The first-order valence-corrected chi connectivity index (χ1v) is 10.2. The van der Waals surface area contributed by atoms with Gasteiger partial charge in [-0.15, -0.1) is 0 Å². The molecule has 2 fully saturated rings. The second-order valence-electron chi connectivity index (χ2n) is 8.11. The summed E-state index contributed by atoms with van der Waals surface area (Å²) < 4.78 is 11.2. The van der Waals surface area contributed by atoms with Crippen molar-refractivity contribution in [1.29, 1.82) is 0 Å². The zero-order valence-electron chi connectivity index (χ0n) is 17.2. The molecule has 3 heterocycles. The van der Waals surface area contributed by atoms with Crippen molar-refractivity contribution >= 4 is 23.4 Å². The molecule has 5 rings (SSSR count). The standard InChI is InChI=1S/C24H22N2O5/c1-14-5-3-4-6-17(14)26-22(28)19-18-11-12-24(31-18,20(19)23(26)29)13-25-21(27)15-7-9-16(30-2)10-8-15/h3-12,18-20H,13H2,1-2H3,(H,25,27)/t18-,19-,20-,24-/m0/s1. The van der Waals surface area contributed by atoms with Crippen LogP contribution in [0.1, 0.15) is 15.9 Å². The molecule has 0 aromatic heterocycles. The lowest BCUT2D eigenvalue weighted by Gasteiger charge is -2.29. The Balaban J connectivity index is 1.38. The Labute approximate surface area is 179 Å². The summed E-state index contributed by atoms with van der Waals surface area (Å²) in [5, 5.41) is 2.87. The molecule has 7 heteroatoms. The van der Waals surface area contributed by atoms with Gasteiger partial charge in [0.2, 0.25) is 11.8 Å². The van der Waals surface area contributed by atoms with Crippen LogP contribution in [0.15, 0.2) is 60.7 Å². The maximum absolute atomic E-state index is 13.4. The Morgan fingerprint density at radius 2 is 1.87 bits per heavy atom. The van der Waals surface area contributed by atoms with Crippen LogP contribution in [0.2, 0.25) is 0 Å². The minimum atomic E-state index is -1.03. The monoisotopic (exact) mass is 418 g/mol. The van der Waals surface area contributed by atoms with Crippen molar-refractivity contribution in [2.75, 3.05) is 18.6 Å². The quantitative estimate of drug-likeness (QED) is 0.595. The summed E-state index contributed by atoms with van der Waals surface area (Å²) in [6.45, 7) is 1.98. The molecule has 2 bridgehead atoms. The van der Waals surface area contributed by atoms with E-state index in [4.69, 9.17) is 9.47 Å². The zero-order chi connectivity index (χ0) is 21.8. The van der Waals surface area contributed by atoms with Crippen molar-refractivity contribution in [2.24, 2.45) is 11.8 Å². The third-order valence-corrected chi connectivity index (χ3v) is 6.39. The predicted molar refractivity (Wildman–Crippen MR) is 113 cm³/mol. The van der Waals surface area contributed by atoms with E-state index < -0.39 is 23.5 Å². The highest BCUT2D eigenvalue weighted by atomic mass is 16.5. The first-order chi connectivity index (χ1) is 14.9. The fraction of sp³-hybridized carbons (Fsp3) is 0.292. The molecule has 3 aliphatic heterocycles. The molecular weight excluding hydrogens is 396 g/mol. The highest BCUT2D eigenvalue weighted by molar-refractivity contribution is 6.23. The van der Waals surface area contributed by atoms with E-state index in [1.165, 1.54) is 4.90 Å². The van der Waals surface area contributed by atoms with Gasteiger partial charge in [0.1, 0.15) is 11.4 Å². The first kappa shape index (κ1) is 19.5. The average Bonchev–Trinajstić information content (AvgIpc) is 3.43. The number of nitrogens with zero attached hydrogens (tertiary/aromatic N) is 1. The molecule has 1 N–H and O–H groups in total. The van der Waals surface area contributed by atoms with Crippen LogP contribution in [0.4, 0.5) is 5.69 Å². The molecule has 7 nitrogen and oxygen atoms in total. The van der Waals surface area contributed by atoms with Gasteiger partial charge in [-0.05, 0) is 42.8 Å². The molecule has 2 saturated heterocycles. The van der Waals surface area contributed by atoms with E-state index in [-0.39, 0.29) is 24.3 Å². The van der Waals surface area contributed by atoms with Crippen molar-refractivity contribution in [2.45, 2.75) is 18.6 Å². The topological polar surface area (TPSA) is 84.9 Å². The lowest BCUT2D eigenvalue weighted by atomic mass is 9.77.